The molecule has 0 fully saturated rings. The molecule has 0 atom stereocenters. The summed E-state index contributed by atoms with van der Waals surface area (Å²) in [5.41, 5.74) is 8.07. The third-order valence-electron chi connectivity index (χ3n) is 8.62. The average molecular weight is 471 g/mol. The van der Waals surface area contributed by atoms with E-state index >= 15 is 0 Å². The smallest absolute Gasteiger partial charge is 0.0159 e. The van der Waals surface area contributed by atoms with Gasteiger partial charge in [-0.2, -0.15) is 0 Å². The van der Waals surface area contributed by atoms with Crippen molar-refractivity contribution in [3.05, 3.63) is 132 Å². The summed E-state index contributed by atoms with van der Waals surface area (Å²) in [4.78, 5) is 0. The predicted octanol–water partition coefficient (Wildman–Crippen LogP) is 10.3. The zero-order valence-corrected chi connectivity index (χ0v) is 21.0. The van der Waals surface area contributed by atoms with Gasteiger partial charge in [-0.15, -0.1) is 0 Å². The topological polar surface area (TPSA) is 0 Å². The molecule has 0 unspecified atom stereocenters. The molecule has 1 aliphatic carbocycles. The minimum absolute atomic E-state index is 0.0568. The Hall–Kier alpha value is -4.42. The number of benzene rings is 7. The van der Waals surface area contributed by atoms with E-state index in [9.17, 15) is 0 Å². The number of hydrogen-bond acceptors (Lipinski definition) is 0. The fourth-order valence-electron chi connectivity index (χ4n) is 6.83. The molecule has 0 heteroatoms. The first-order valence-electron chi connectivity index (χ1n) is 13.1. The Morgan fingerprint density at radius 2 is 1.16 bits per heavy atom. The Morgan fingerprint density at radius 3 is 2.03 bits per heavy atom. The molecule has 37 heavy (non-hydrogen) atoms. The maximum absolute atomic E-state index is 2.46. The molecule has 0 amide bonds. The van der Waals surface area contributed by atoms with Crippen LogP contribution in [0.5, 0.6) is 0 Å². The van der Waals surface area contributed by atoms with Crippen LogP contribution in [0, 0.1) is 0 Å². The Bertz CT molecular complexity index is 2050. The third kappa shape index (κ3) is 2.79. The third-order valence-corrected chi connectivity index (χ3v) is 8.62. The summed E-state index contributed by atoms with van der Waals surface area (Å²) in [6, 6.07) is 45.2. The van der Waals surface area contributed by atoms with Gasteiger partial charge in [-0.1, -0.05) is 123 Å². The van der Waals surface area contributed by atoms with E-state index in [4.69, 9.17) is 0 Å². The Balaban J connectivity index is 1.50. The second-order valence-corrected chi connectivity index (χ2v) is 10.9. The van der Waals surface area contributed by atoms with E-state index in [0.29, 0.717) is 0 Å². The van der Waals surface area contributed by atoms with Crippen molar-refractivity contribution in [2.45, 2.75) is 19.3 Å². The van der Waals surface area contributed by atoms with E-state index in [-0.39, 0.29) is 5.41 Å². The summed E-state index contributed by atoms with van der Waals surface area (Å²) in [6.45, 7) is 4.74. The highest BCUT2D eigenvalue weighted by Crippen LogP contribution is 2.50. The molecule has 7 aromatic carbocycles. The van der Waals surface area contributed by atoms with Gasteiger partial charge in [0.2, 0.25) is 0 Å². The molecule has 0 saturated heterocycles. The monoisotopic (exact) mass is 470 g/mol. The zero-order chi connectivity index (χ0) is 24.7. The van der Waals surface area contributed by atoms with Crippen LogP contribution in [0.15, 0.2) is 121 Å². The quantitative estimate of drug-likeness (QED) is 0.165. The molecule has 0 radical (unpaired) electrons. The molecular formula is C37H26. The standard InChI is InChI=1S/C37H26/c1-37(2)33-20-18-26(22-32(33)29-15-7-11-24-12-8-16-34(37)36(24)29)35-28-14-6-4-10-25(28)21-31-27-13-5-3-9-23(27)17-19-30(31)35/h3-22H,1-2H3. The van der Waals surface area contributed by atoms with E-state index in [2.05, 4.69) is 135 Å². The highest BCUT2D eigenvalue weighted by molar-refractivity contribution is 6.20. The number of rotatable bonds is 1. The summed E-state index contributed by atoms with van der Waals surface area (Å²) >= 11 is 0. The largest absolute Gasteiger partial charge is 0.0616 e. The van der Waals surface area contributed by atoms with Crippen LogP contribution in [0.4, 0.5) is 0 Å². The van der Waals surface area contributed by atoms with Crippen LogP contribution in [-0.2, 0) is 5.41 Å². The fraction of sp³-hybridized carbons (Fsp3) is 0.0811. The molecular weight excluding hydrogens is 444 g/mol. The van der Waals surface area contributed by atoms with Crippen molar-refractivity contribution in [3.63, 3.8) is 0 Å². The molecule has 0 heterocycles. The first-order chi connectivity index (χ1) is 18.1. The highest BCUT2D eigenvalue weighted by Gasteiger charge is 2.33. The summed E-state index contributed by atoms with van der Waals surface area (Å²) in [5, 5.41) is 10.5. The molecule has 0 aliphatic heterocycles. The second-order valence-electron chi connectivity index (χ2n) is 10.9. The minimum Gasteiger partial charge on any atom is -0.0616 e. The van der Waals surface area contributed by atoms with E-state index < -0.39 is 0 Å². The predicted molar refractivity (Wildman–Crippen MR) is 159 cm³/mol. The fourth-order valence-corrected chi connectivity index (χ4v) is 6.83. The lowest BCUT2D eigenvalue weighted by Crippen LogP contribution is -2.23. The van der Waals surface area contributed by atoms with Crippen molar-refractivity contribution in [2.24, 2.45) is 0 Å². The van der Waals surface area contributed by atoms with Crippen molar-refractivity contribution >= 4 is 43.1 Å². The maximum Gasteiger partial charge on any atom is 0.0159 e. The van der Waals surface area contributed by atoms with Crippen molar-refractivity contribution in [1.82, 2.24) is 0 Å². The van der Waals surface area contributed by atoms with Gasteiger partial charge in [-0.05, 0) is 88.6 Å². The molecule has 0 aromatic heterocycles. The minimum atomic E-state index is -0.0568. The van der Waals surface area contributed by atoms with Gasteiger partial charge in [0, 0.05) is 5.41 Å². The molecule has 8 rings (SSSR count). The lowest BCUT2D eigenvalue weighted by molar-refractivity contribution is 0.645. The molecule has 0 N–H and O–H groups in total. The lowest BCUT2D eigenvalue weighted by atomic mass is 9.68. The van der Waals surface area contributed by atoms with Crippen LogP contribution >= 0.6 is 0 Å². The van der Waals surface area contributed by atoms with Crippen molar-refractivity contribution in [1.29, 1.82) is 0 Å². The van der Waals surface area contributed by atoms with Gasteiger partial charge in [-0.25, -0.2) is 0 Å². The van der Waals surface area contributed by atoms with Gasteiger partial charge in [0.1, 0.15) is 0 Å². The average Bonchev–Trinajstić information content (AvgIpc) is 2.94. The van der Waals surface area contributed by atoms with Crippen molar-refractivity contribution in [2.75, 3.05) is 0 Å². The van der Waals surface area contributed by atoms with Gasteiger partial charge < -0.3 is 0 Å². The summed E-state index contributed by atoms with van der Waals surface area (Å²) in [6.07, 6.45) is 0. The molecule has 1 aliphatic rings. The van der Waals surface area contributed by atoms with Crippen LogP contribution in [0.3, 0.4) is 0 Å². The van der Waals surface area contributed by atoms with E-state index in [1.807, 2.05) is 0 Å². The van der Waals surface area contributed by atoms with Gasteiger partial charge in [0.25, 0.3) is 0 Å². The van der Waals surface area contributed by atoms with E-state index in [1.165, 1.54) is 76.5 Å². The number of fused-ring (bicyclic) bond motifs is 6. The maximum atomic E-state index is 2.46. The van der Waals surface area contributed by atoms with Crippen LogP contribution < -0.4 is 0 Å². The van der Waals surface area contributed by atoms with Crippen molar-refractivity contribution in [3.8, 4) is 22.3 Å². The first kappa shape index (κ1) is 20.7. The molecule has 0 bridgehead atoms. The Morgan fingerprint density at radius 1 is 0.432 bits per heavy atom. The molecule has 0 nitrogen and oxygen atoms in total. The first-order valence-corrected chi connectivity index (χ1v) is 13.1. The highest BCUT2D eigenvalue weighted by atomic mass is 14.4. The van der Waals surface area contributed by atoms with E-state index in [1.54, 1.807) is 0 Å². The summed E-state index contributed by atoms with van der Waals surface area (Å²) in [7, 11) is 0. The van der Waals surface area contributed by atoms with Crippen LogP contribution in [0.2, 0.25) is 0 Å². The Kier molecular flexibility index (Phi) is 4.10. The molecule has 0 spiro atoms. The molecule has 0 saturated carbocycles. The summed E-state index contributed by atoms with van der Waals surface area (Å²) < 4.78 is 0. The SMILES string of the molecule is CC1(C)c2ccc(-c3c4ccccc4cc4c3ccc3ccccc34)cc2-c2cccc3cccc1c23. The second kappa shape index (κ2) is 7.31. The lowest BCUT2D eigenvalue weighted by Gasteiger charge is -2.35. The van der Waals surface area contributed by atoms with Gasteiger partial charge >= 0.3 is 0 Å². The number of hydrogen-bond donors (Lipinski definition) is 0. The van der Waals surface area contributed by atoms with Gasteiger partial charge in [0.15, 0.2) is 0 Å². The Labute approximate surface area is 216 Å². The van der Waals surface area contributed by atoms with Crippen LogP contribution in [-0.4, -0.2) is 0 Å². The molecule has 7 aromatic rings. The normalized spacial score (nSPS) is 13.9. The van der Waals surface area contributed by atoms with Gasteiger partial charge in [-0.3, -0.25) is 0 Å². The van der Waals surface area contributed by atoms with Crippen molar-refractivity contribution < 1.29 is 0 Å². The van der Waals surface area contributed by atoms with E-state index in [0.717, 1.165) is 0 Å². The zero-order valence-electron chi connectivity index (χ0n) is 21.0. The van der Waals surface area contributed by atoms with Gasteiger partial charge in [0.05, 0.1) is 0 Å². The molecule has 174 valence electrons. The summed E-state index contributed by atoms with van der Waals surface area (Å²) in [5.74, 6) is 0. The van der Waals surface area contributed by atoms with Crippen LogP contribution in [0.1, 0.15) is 25.0 Å². The van der Waals surface area contributed by atoms with Crippen LogP contribution in [0.25, 0.3) is 65.3 Å².